The van der Waals surface area contributed by atoms with E-state index in [2.05, 4.69) is 6.58 Å². The normalized spacial score (nSPS) is 10.2. The molecule has 0 saturated heterocycles. The molecule has 0 radical (unpaired) electrons. The Bertz CT molecular complexity index is 761. The highest BCUT2D eigenvalue weighted by Crippen LogP contribution is 2.39. The molecule has 0 spiro atoms. The van der Waals surface area contributed by atoms with Crippen molar-refractivity contribution in [3.63, 3.8) is 0 Å². The predicted molar refractivity (Wildman–Crippen MR) is 107 cm³/mol. The van der Waals surface area contributed by atoms with Crippen molar-refractivity contribution >= 4 is 5.91 Å². The fraction of sp³-hybridized carbons (Fsp3) is 0.318. The summed E-state index contributed by atoms with van der Waals surface area (Å²) in [5.41, 5.74) is 2.44. The van der Waals surface area contributed by atoms with Gasteiger partial charge in [-0.05, 0) is 31.5 Å². The maximum Gasteiger partial charge on any atom is 0.254 e. The molecule has 0 atom stereocenters. The summed E-state index contributed by atoms with van der Waals surface area (Å²) < 4.78 is 16.9. The zero-order valence-corrected chi connectivity index (χ0v) is 16.5. The first-order valence-corrected chi connectivity index (χ1v) is 8.86. The summed E-state index contributed by atoms with van der Waals surface area (Å²) in [6, 6.07) is 13.2. The van der Waals surface area contributed by atoms with Crippen molar-refractivity contribution in [3.05, 3.63) is 65.7 Å². The standard InChI is InChI=1S/C22H27NO4/c1-6-23(14-16(2)3)22(24)18-12-19(25-4)21(20(13-18)26-5)27-15-17-10-8-7-9-11-17/h7-13H,2,6,14-15H2,1,3-5H3. The highest BCUT2D eigenvalue weighted by molar-refractivity contribution is 5.95. The minimum absolute atomic E-state index is 0.105. The van der Waals surface area contributed by atoms with Gasteiger partial charge in [0.25, 0.3) is 5.91 Å². The number of benzene rings is 2. The molecule has 0 fully saturated rings. The number of likely N-dealkylation sites (N-methyl/N-ethyl adjacent to an activating group) is 1. The third kappa shape index (κ3) is 5.26. The van der Waals surface area contributed by atoms with Gasteiger partial charge >= 0.3 is 0 Å². The number of hydrogen-bond donors (Lipinski definition) is 0. The van der Waals surface area contributed by atoms with Gasteiger partial charge in [-0.25, -0.2) is 0 Å². The Hall–Kier alpha value is -2.95. The Labute approximate surface area is 161 Å². The summed E-state index contributed by atoms with van der Waals surface area (Å²) in [4.78, 5) is 14.6. The Morgan fingerprint density at radius 3 is 2.15 bits per heavy atom. The molecule has 0 aliphatic carbocycles. The van der Waals surface area contributed by atoms with Crippen LogP contribution < -0.4 is 14.2 Å². The van der Waals surface area contributed by atoms with E-state index in [1.54, 1.807) is 31.3 Å². The summed E-state index contributed by atoms with van der Waals surface area (Å²) in [5, 5.41) is 0. The number of amides is 1. The quantitative estimate of drug-likeness (QED) is 0.618. The van der Waals surface area contributed by atoms with Gasteiger partial charge in [0.2, 0.25) is 5.75 Å². The Morgan fingerprint density at radius 2 is 1.67 bits per heavy atom. The molecule has 27 heavy (non-hydrogen) atoms. The van der Waals surface area contributed by atoms with Crippen molar-refractivity contribution in [2.75, 3.05) is 27.3 Å². The summed E-state index contributed by atoms with van der Waals surface area (Å²) >= 11 is 0. The zero-order valence-electron chi connectivity index (χ0n) is 16.5. The number of rotatable bonds is 9. The van der Waals surface area contributed by atoms with Crippen molar-refractivity contribution in [1.82, 2.24) is 4.90 Å². The summed E-state index contributed by atoms with van der Waals surface area (Å²) in [6.45, 7) is 9.19. The van der Waals surface area contributed by atoms with E-state index in [9.17, 15) is 4.79 Å². The second-order valence-corrected chi connectivity index (χ2v) is 6.26. The Morgan fingerprint density at radius 1 is 1.07 bits per heavy atom. The van der Waals surface area contributed by atoms with E-state index < -0.39 is 0 Å². The lowest BCUT2D eigenvalue weighted by Gasteiger charge is -2.22. The molecule has 5 heteroatoms. The second-order valence-electron chi connectivity index (χ2n) is 6.26. The molecule has 0 bridgehead atoms. The molecular weight excluding hydrogens is 342 g/mol. The number of methoxy groups -OCH3 is 2. The Balaban J connectivity index is 2.31. The molecule has 2 aromatic carbocycles. The van der Waals surface area contributed by atoms with E-state index in [0.29, 0.717) is 42.5 Å². The minimum atomic E-state index is -0.105. The number of nitrogens with zero attached hydrogens (tertiary/aromatic N) is 1. The lowest BCUT2D eigenvalue weighted by Crippen LogP contribution is -2.32. The van der Waals surface area contributed by atoms with Crippen LogP contribution in [0.15, 0.2) is 54.6 Å². The minimum Gasteiger partial charge on any atom is -0.493 e. The first-order chi connectivity index (χ1) is 13.0. The third-order valence-corrected chi connectivity index (χ3v) is 4.06. The van der Waals surface area contributed by atoms with Crippen LogP contribution in [0.3, 0.4) is 0 Å². The van der Waals surface area contributed by atoms with E-state index in [0.717, 1.165) is 11.1 Å². The van der Waals surface area contributed by atoms with E-state index in [-0.39, 0.29) is 5.91 Å². The average molecular weight is 369 g/mol. The molecule has 0 heterocycles. The van der Waals surface area contributed by atoms with Gasteiger partial charge in [-0.3, -0.25) is 4.79 Å². The van der Waals surface area contributed by atoms with Gasteiger partial charge in [0, 0.05) is 18.7 Å². The smallest absolute Gasteiger partial charge is 0.254 e. The van der Waals surface area contributed by atoms with Crippen LogP contribution in [0.25, 0.3) is 0 Å². The van der Waals surface area contributed by atoms with Gasteiger partial charge in [-0.1, -0.05) is 42.5 Å². The molecule has 0 N–H and O–H groups in total. The van der Waals surface area contributed by atoms with Crippen LogP contribution in [0.5, 0.6) is 17.2 Å². The van der Waals surface area contributed by atoms with Gasteiger partial charge in [0.05, 0.1) is 14.2 Å². The first-order valence-electron chi connectivity index (χ1n) is 8.86. The van der Waals surface area contributed by atoms with E-state index in [4.69, 9.17) is 14.2 Å². The van der Waals surface area contributed by atoms with Gasteiger partial charge < -0.3 is 19.1 Å². The monoisotopic (exact) mass is 369 g/mol. The molecule has 0 saturated carbocycles. The SMILES string of the molecule is C=C(C)CN(CC)C(=O)c1cc(OC)c(OCc2ccccc2)c(OC)c1. The summed E-state index contributed by atoms with van der Waals surface area (Å²) in [7, 11) is 3.09. The molecule has 144 valence electrons. The number of carbonyl (C=O) groups excluding carboxylic acids is 1. The van der Waals surface area contributed by atoms with Crippen molar-refractivity contribution in [1.29, 1.82) is 0 Å². The molecule has 0 aliphatic rings. The number of ether oxygens (including phenoxy) is 3. The van der Waals surface area contributed by atoms with Crippen molar-refractivity contribution in [3.8, 4) is 17.2 Å². The lowest BCUT2D eigenvalue weighted by molar-refractivity contribution is 0.0777. The fourth-order valence-electron chi connectivity index (χ4n) is 2.71. The molecular formula is C22H27NO4. The first kappa shape index (κ1) is 20.4. The van der Waals surface area contributed by atoms with Gasteiger partial charge in [-0.15, -0.1) is 0 Å². The molecule has 0 aliphatic heterocycles. The summed E-state index contributed by atoms with van der Waals surface area (Å²) in [5.74, 6) is 1.29. The number of carbonyl (C=O) groups is 1. The molecule has 0 aromatic heterocycles. The molecule has 5 nitrogen and oxygen atoms in total. The molecule has 2 rings (SSSR count). The maximum atomic E-state index is 12.9. The van der Waals surface area contributed by atoms with Crippen LogP contribution in [0.4, 0.5) is 0 Å². The largest absolute Gasteiger partial charge is 0.493 e. The average Bonchev–Trinajstić information content (AvgIpc) is 2.69. The zero-order chi connectivity index (χ0) is 19.8. The van der Waals surface area contributed by atoms with Crippen LogP contribution in [-0.4, -0.2) is 38.1 Å². The van der Waals surface area contributed by atoms with Crippen molar-refractivity contribution in [2.24, 2.45) is 0 Å². The van der Waals surface area contributed by atoms with E-state index in [1.165, 1.54) is 0 Å². The van der Waals surface area contributed by atoms with Gasteiger partial charge in [0.1, 0.15) is 6.61 Å². The summed E-state index contributed by atoms with van der Waals surface area (Å²) in [6.07, 6.45) is 0. The highest BCUT2D eigenvalue weighted by Gasteiger charge is 2.21. The van der Waals surface area contributed by atoms with Gasteiger partial charge in [0.15, 0.2) is 11.5 Å². The highest BCUT2D eigenvalue weighted by atomic mass is 16.5. The van der Waals surface area contributed by atoms with Crippen LogP contribution >= 0.6 is 0 Å². The van der Waals surface area contributed by atoms with Crippen LogP contribution in [-0.2, 0) is 6.61 Å². The van der Waals surface area contributed by atoms with Gasteiger partial charge in [-0.2, -0.15) is 0 Å². The van der Waals surface area contributed by atoms with E-state index in [1.807, 2.05) is 44.2 Å². The van der Waals surface area contributed by atoms with E-state index >= 15 is 0 Å². The fourth-order valence-corrected chi connectivity index (χ4v) is 2.71. The molecule has 2 aromatic rings. The lowest BCUT2D eigenvalue weighted by atomic mass is 10.1. The van der Waals surface area contributed by atoms with Crippen LogP contribution in [0.2, 0.25) is 0 Å². The Kier molecular flexibility index (Phi) is 7.29. The predicted octanol–water partition coefficient (Wildman–Crippen LogP) is 4.32. The number of hydrogen-bond acceptors (Lipinski definition) is 4. The van der Waals surface area contributed by atoms with Crippen molar-refractivity contribution < 1.29 is 19.0 Å². The third-order valence-electron chi connectivity index (χ3n) is 4.06. The van der Waals surface area contributed by atoms with Crippen molar-refractivity contribution in [2.45, 2.75) is 20.5 Å². The maximum absolute atomic E-state index is 12.9. The molecule has 0 unspecified atom stereocenters. The molecule has 1 amide bonds. The topological polar surface area (TPSA) is 48.0 Å². The van der Waals surface area contributed by atoms with Crippen LogP contribution in [0, 0.1) is 0 Å². The second kappa shape index (κ2) is 9.67. The van der Waals surface area contributed by atoms with Crippen LogP contribution in [0.1, 0.15) is 29.8 Å².